The number of alkyl halides is 1. The molecular formula is C26H35ClFN7O3. The van der Waals surface area contributed by atoms with Crippen molar-refractivity contribution in [2.24, 2.45) is 0 Å². The number of halogens is 2. The quantitative estimate of drug-likeness (QED) is 0.409. The van der Waals surface area contributed by atoms with E-state index < -0.39 is 0 Å². The van der Waals surface area contributed by atoms with Gasteiger partial charge in [0.05, 0.1) is 30.4 Å². The zero-order valence-corrected chi connectivity index (χ0v) is 22.8. The maximum Gasteiger partial charge on any atom is 0.247 e. The second kappa shape index (κ2) is 12.6. The Morgan fingerprint density at radius 1 is 1.29 bits per heavy atom. The van der Waals surface area contributed by atoms with Gasteiger partial charge in [0, 0.05) is 44.8 Å². The molecule has 2 fully saturated rings. The number of amides is 1. The van der Waals surface area contributed by atoms with Crippen LogP contribution < -0.4 is 25.0 Å². The Labute approximate surface area is 227 Å². The van der Waals surface area contributed by atoms with E-state index in [0.717, 1.165) is 31.6 Å². The standard InChI is InChI=1S/C26H35ClFN7O3/c1-5-24(36)30-20-12-21(23(37-4)13-22(20)35-9-6-17(7-10-35)33(2)3)31-26-29-14-19(27)25(32-26)38-18-15-34(16-18)11-8-28/h5,12-14,17-18H,1,6-11,15-16H2,2-4H3,(H,30,36)(H,29,31,32). The van der Waals surface area contributed by atoms with E-state index >= 15 is 0 Å². The Morgan fingerprint density at radius 3 is 2.66 bits per heavy atom. The maximum absolute atomic E-state index is 12.5. The molecule has 206 valence electrons. The zero-order chi connectivity index (χ0) is 27.2. The van der Waals surface area contributed by atoms with Crippen LogP contribution in [0.25, 0.3) is 0 Å². The van der Waals surface area contributed by atoms with Crippen LogP contribution in [0.5, 0.6) is 11.6 Å². The van der Waals surface area contributed by atoms with Gasteiger partial charge in [0.25, 0.3) is 0 Å². The fourth-order valence-corrected chi connectivity index (χ4v) is 4.81. The largest absolute Gasteiger partial charge is 0.494 e. The van der Waals surface area contributed by atoms with E-state index in [1.807, 2.05) is 11.0 Å². The average Bonchev–Trinajstić information content (AvgIpc) is 2.89. The molecule has 2 aromatic rings. The first kappa shape index (κ1) is 27.9. The van der Waals surface area contributed by atoms with Crippen LogP contribution in [0, 0.1) is 0 Å². The van der Waals surface area contributed by atoms with E-state index in [1.54, 1.807) is 13.2 Å². The summed E-state index contributed by atoms with van der Waals surface area (Å²) in [7, 11) is 5.78. The number of hydrogen-bond donors (Lipinski definition) is 2. The third-order valence-corrected chi connectivity index (χ3v) is 7.12. The summed E-state index contributed by atoms with van der Waals surface area (Å²) in [5.74, 6) is 0.747. The summed E-state index contributed by atoms with van der Waals surface area (Å²) < 4.78 is 24.1. The highest BCUT2D eigenvalue weighted by Gasteiger charge is 2.29. The molecule has 1 amide bonds. The van der Waals surface area contributed by atoms with Crippen LogP contribution in [0.15, 0.2) is 31.0 Å². The first-order chi connectivity index (χ1) is 18.3. The number of aromatic nitrogens is 2. The number of likely N-dealkylation sites (tertiary alicyclic amines) is 1. The van der Waals surface area contributed by atoms with Gasteiger partial charge in [-0.3, -0.25) is 9.69 Å². The smallest absolute Gasteiger partial charge is 0.247 e. The van der Waals surface area contributed by atoms with Crippen molar-refractivity contribution in [3.05, 3.63) is 36.0 Å². The first-order valence-corrected chi connectivity index (χ1v) is 13.0. The molecule has 0 spiro atoms. The molecule has 0 bridgehead atoms. The highest BCUT2D eigenvalue weighted by molar-refractivity contribution is 6.31. The second-order valence-electron chi connectivity index (χ2n) is 9.60. The lowest BCUT2D eigenvalue weighted by Gasteiger charge is -2.38. The molecule has 2 aliphatic rings. The first-order valence-electron chi connectivity index (χ1n) is 12.6. The van der Waals surface area contributed by atoms with Crippen LogP contribution in [-0.4, -0.2) is 98.4 Å². The number of nitrogens with zero attached hydrogens (tertiary/aromatic N) is 5. The van der Waals surface area contributed by atoms with Gasteiger partial charge in [-0.2, -0.15) is 4.98 Å². The predicted octanol–water partition coefficient (Wildman–Crippen LogP) is 3.57. The van der Waals surface area contributed by atoms with E-state index in [0.29, 0.717) is 42.8 Å². The number of benzene rings is 1. The van der Waals surface area contributed by atoms with Gasteiger partial charge in [-0.1, -0.05) is 18.2 Å². The summed E-state index contributed by atoms with van der Waals surface area (Å²) in [4.78, 5) is 27.4. The molecular weight excluding hydrogens is 513 g/mol. The fraction of sp³-hybridized carbons (Fsp3) is 0.500. The molecule has 4 rings (SSSR count). The monoisotopic (exact) mass is 547 g/mol. The third-order valence-electron chi connectivity index (χ3n) is 6.86. The highest BCUT2D eigenvalue weighted by atomic mass is 35.5. The number of nitrogens with one attached hydrogen (secondary N) is 2. The minimum atomic E-state index is -0.390. The molecule has 3 heterocycles. The van der Waals surface area contributed by atoms with Crippen molar-refractivity contribution >= 4 is 40.5 Å². The molecule has 0 atom stereocenters. The Kier molecular flexibility index (Phi) is 9.24. The average molecular weight is 548 g/mol. The van der Waals surface area contributed by atoms with E-state index in [-0.39, 0.29) is 35.5 Å². The number of carbonyl (C=O) groups excluding carboxylic acids is 1. The predicted molar refractivity (Wildman–Crippen MR) is 148 cm³/mol. The van der Waals surface area contributed by atoms with E-state index in [2.05, 4.69) is 51.1 Å². The molecule has 0 radical (unpaired) electrons. The van der Waals surface area contributed by atoms with Crippen molar-refractivity contribution in [1.29, 1.82) is 0 Å². The number of anilines is 4. The van der Waals surface area contributed by atoms with Crippen LogP contribution in [-0.2, 0) is 4.79 Å². The van der Waals surface area contributed by atoms with Gasteiger partial charge < -0.3 is 29.9 Å². The molecule has 10 nitrogen and oxygen atoms in total. The summed E-state index contributed by atoms with van der Waals surface area (Å²) in [6.45, 7) is 6.50. The summed E-state index contributed by atoms with van der Waals surface area (Å²) in [6.07, 6.45) is 4.60. The number of ether oxygens (including phenoxy) is 2. The van der Waals surface area contributed by atoms with Gasteiger partial charge in [0.1, 0.15) is 23.6 Å². The Bertz CT molecular complexity index is 1140. The molecule has 0 unspecified atom stereocenters. The second-order valence-corrected chi connectivity index (χ2v) is 10.0. The van der Waals surface area contributed by atoms with Crippen molar-refractivity contribution < 1.29 is 18.7 Å². The minimum absolute atomic E-state index is 0.118. The number of piperidine rings is 1. The van der Waals surface area contributed by atoms with Crippen LogP contribution in [0.2, 0.25) is 5.02 Å². The van der Waals surface area contributed by atoms with Gasteiger partial charge in [-0.25, -0.2) is 9.37 Å². The van der Waals surface area contributed by atoms with Crippen molar-refractivity contribution in [2.45, 2.75) is 25.0 Å². The molecule has 12 heteroatoms. The lowest BCUT2D eigenvalue weighted by Crippen LogP contribution is -2.54. The van der Waals surface area contributed by atoms with Crippen molar-refractivity contribution in [2.75, 3.05) is 76.1 Å². The SMILES string of the molecule is C=CC(=O)Nc1cc(Nc2ncc(Cl)c(OC3CN(CCF)C3)n2)c(OC)cc1N1CCC(N(C)C)CC1. The maximum atomic E-state index is 12.5. The molecule has 0 aliphatic carbocycles. The normalized spacial score (nSPS) is 16.7. The molecule has 0 saturated carbocycles. The minimum Gasteiger partial charge on any atom is -0.494 e. The Hall–Kier alpha value is -3.15. The molecule has 2 aliphatic heterocycles. The van der Waals surface area contributed by atoms with E-state index in [9.17, 15) is 9.18 Å². The lowest BCUT2D eigenvalue weighted by molar-refractivity contribution is -0.111. The number of methoxy groups -OCH3 is 1. The summed E-state index contributed by atoms with van der Waals surface area (Å²) in [5, 5.41) is 6.37. The molecule has 1 aromatic heterocycles. The fourth-order valence-electron chi connectivity index (χ4n) is 4.68. The van der Waals surface area contributed by atoms with Crippen LogP contribution in [0.4, 0.5) is 27.4 Å². The van der Waals surface area contributed by atoms with Gasteiger partial charge in [-0.15, -0.1) is 0 Å². The Morgan fingerprint density at radius 2 is 2.03 bits per heavy atom. The van der Waals surface area contributed by atoms with E-state index in [4.69, 9.17) is 21.1 Å². The number of carbonyl (C=O) groups is 1. The van der Waals surface area contributed by atoms with Crippen LogP contribution >= 0.6 is 11.6 Å². The Balaban J connectivity index is 1.56. The molecule has 1 aromatic carbocycles. The van der Waals surface area contributed by atoms with Crippen molar-refractivity contribution in [3.8, 4) is 11.6 Å². The summed E-state index contributed by atoms with van der Waals surface area (Å²) in [6, 6.07) is 4.22. The molecule has 38 heavy (non-hydrogen) atoms. The highest BCUT2D eigenvalue weighted by Crippen LogP contribution is 2.39. The van der Waals surface area contributed by atoms with Crippen molar-refractivity contribution in [1.82, 2.24) is 19.8 Å². The van der Waals surface area contributed by atoms with Gasteiger partial charge in [0.15, 0.2) is 0 Å². The molecule has 2 saturated heterocycles. The van der Waals surface area contributed by atoms with Crippen molar-refractivity contribution in [3.63, 3.8) is 0 Å². The number of hydrogen-bond acceptors (Lipinski definition) is 9. The van der Waals surface area contributed by atoms with Gasteiger partial charge in [-0.05, 0) is 39.1 Å². The summed E-state index contributed by atoms with van der Waals surface area (Å²) >= 11 is 6.27. The van der Waals surface area contributed by atoms with Crippen LogP contribution in [0.1, 0.15) is 12.8 Å². The lowest BCUT2D eigenvalue weighted by atomic mass is 10.0. The topological polar surface area (TPSA) is 95.1 Å². The summed E-state index contributed by atoms with van der Waals surface area (Å²) in [5.41, 5.74) is 2.04. The van der Waals surface area contributed by atoms with Crippen LogP contribution in [0.3, 0.4) is 0 Å². The zero-order valence-electron chi connectivity index (χ0n) is 22.0. The number of rotatable bonds is 11. The van der Waals surface area contributed by atoms with E-state index in [1.165, 1.54) is 12.3 Å². The molecule has 2 N–H and O–H groups in total. The van der Waals surface area contributed by atoms with Gasteiger partial charge in [0.2, 0.25) is 17.7 Å². The third kappa shape index (κ3) is 6.64. The van der Waals surface area contributed by atoms with Gasteiger partial charge >= 0.3 is 0 Å².